The Morgan fingerprint density at radius 1 is 1.38 bits per heavy atom. The molecule has 0 radical (unpaired) electrons. The Balaban J connectivity index is 2.08. The van der Waals surface area contributed by atoms with Gasteiger partial charge in [0, 0.05) is 17.8 Å². The van der Waals surface area contributed by atoms with Gasteiger partial charge in [0.1, 0.15) is 11.8 Å². The molecule has 0 aliphatic rings. The third-order valence-corrected chi connectivity index (χ3v) is 3.43. The van der Waals surface area contributed by atoms with Gasteiger partial charge in [0.05, 0.1) is 15.0 Å². The Hall–Kier alpha value is -1.99. The third-order valence-electron chi connectivity index (χ3n) is 2.54. The highest BCUT2D eigenvalue weighted by Crippen LogP contribution is 2.26. The Morgan fingerprint density at radius 2 is 2.14 bits per heavy atom. The van der Waals surface area contributed by atoms with Crippen LogP contribution in [0.1, 0.15) is 15.9 Å². The Labute approximate surface area is 133 Å². The molecule has 0 saturated carbocycles. The molecular formula is C13H8BrClN2O4. The Morgan fingerprint density at radius 3 is 2.76 bits per heavy atom. The SMILES string of the molecule is O=C(OCc1ccc(Cl)nc1)c1ccc(Br)c([N+](=O)[O-])c1. The molecule has 2 rings (SSSR count). The van der Waals surface area contributed by atoms with E-state index in [9.17, 15) is 14.9 Å². The summed E-state index contributed by atoms with van der Waals surface area (Å²) >= 11 is 8.69. The highest BCUT2D eigenvalue weighted by Gasteiger charge is 2.16. The molecule has 0 spiro atoms. The van der Waals surface area contributed by atoms with Crippen LogP contribution < -0.4 is 0 Å². The maximum atomic E-state index is 11.9. The van der Waals surface area contributed by atoms with Crippen LogP contribution in [0.2, 0.25) is 5.15 Å². The summed E-state index contributed by atoms with van der Waals surface area (Å²) in [4.78, 5) is 26.0. The summed E-state index contributed by atoms with van der Waals surface area (Å²) in [5, 5.41) is 11.2. The van der Waals surface area contributed by atoms with Crippen molar-refractivity contribution in [2.75, 3.05) is 0 Å². The first kappa shape index (κ1) is 15.4. The summed E-state index contributed by atoms with van der Waals surface area (Å²) in [7, 11) is 0. The van der Waals surface area contributed by atoms with Gasteiger partial charge in [0.2, 0.25) is 0 Å². The zero-order valence-electron chi connectivity index (χ0n) is 10.5. The number of halogens is 2. The lowest BCUT2D eigenvalue weighted by Gasteiger charge is -2.05. The maximum absolute atomic E-state index is 11.9. The summed E-state index contributed by atoms with van der Waals surface area (Å²) in [6, 6.07) is 7.28. The van der Waals surface area contributed by atoms with E-state index in [1.165, 1.54) is 18.3 Å². The fourth-order valence-electron chi connectivity index (χ4n) is 1.50. The molecule has 0 atom stereocenters. The van der Waals surface area contributed by atoms with Crippen molar-refractivity contribution >= 4 is 39.2 Å². The van der Waals surface area contributed by atoms with Gasteiger partial charge in [-0.25, -0.2) is 9.78 Å². The van der Waals surface area contributed by atoms with Crippen molar-refractivity contribution in [3.8, 4) is 0 Å². The number of ether oxygens (including phenoxy) is 1. The second-order valence-electron chi connectivity index (χ2n) is 3.99. The van der Waals surface area contributed by atoms with E-state index in [1.807, 2.05) is 0 Å². The molecule has 1 aromatic heterocycles. The molecule has 0 aliphatic carbocycles. The predicted molar refractivity (Wildman–Crippen MR) is 79.2 cm³/mol. The molecule has 2 aromatic rings. The van der Waals surface area contributed by atoms with Crippen molar-refractivity contribution in [1.29, 1.82) is 0 Å². The number of aromatic nitrogens is 1. The highest BCUT2D eigenvalue weighted by atomic mass is 79.9. The van der Waals surface area contributed by atoms with Gasteiger partial charge in [-0.2, -0.15) is 0 Å². The number of benzene rings is 1. The third kappa shape index (κ3) is 3.99. The van der Waals surface area contributed by atoms with Crippen LogP contribution in [-0.4, -0.2) is 15.9 Å². The van der Waals surface area contributed by atoms with E-state index in [2.05, 4.69) is 20.9 Å². The number of nitrogens with zero attached hydrogens (tertiary/aromatic N) is 2. The average molecular weight is 372 g/mol. The first-order valence-corrected chi connectivity index (χ1v) is 6.86. The van der Waals surface area contributed by atoms with E-state index in [0.717, 1.165) is 6.07 Å². The van der Waals surface area contributed by atoms with Crippen LogP contribution in [0.5, 0.6) is 0 Å². The lowest BCUT2D eigenvalue weighted by Crippen LogP contribution is -2.06. The van der Waals surface area contributed by atoms with E-state index in [1.54, 1.807) is 12.1 Å². The summed E-state index contributed by atoms with van der Waals surface area (Å²) in [5.41, 5.74) is 0.573. The van der Waals surface area contributed by atoms with Crippen molar-refractivity contribution in [3.63, 3.8) is 0 Å². The van der Waals surface area contributed by atoms with Crippen molar-refractivity contribution in [2.45, 2.75) is 6.61 Å². The standard InChI is InChI=1S/C13H8BrClN2O4/c14-10-3-2-9(5-11(10)17(19)20)13(18)21-7-8-1-4-12(15)16-6-8/h1-6H,7H2. The van der Waals surface area contributed by atoms with Crippen LogP contribution in [0.4, 0.5) is 5.69 Å². The average Bonchev–Trinajstić information content (AvgIpc) is 2.46. The number of esters is 1. The minimum atomic E-state index is -0.652. The molecule has 0 unspecified atom stereocenters. The van der Waals surface area contributed by atoms with E-state index in [-0.39, 0.29) is 17.9 Å². The number of carbonyl (C=O) groups is 1. The van der Waals surface area contributed by atoms with Gasteiger partial charge in [0.15, 0.2) is 0 Å². The number of carbonyl (C=O) groups excluding carboxylic acids is 1. The van der Waals surface area contributed by atoms with Gasteiger partial charge < -0.3 is 4.74 Å². The van der Waals surface area contributed by atoms with Crippen LogP contribution in [0.25, 0.3) is 0 Å². The normalized spacial score (nSPS) is 10.2. The zero-order chi connectivity index (χ0) is 15.4. The molecular weight excluding hydrogens is 364 g/mol. The van der Waals surface area contributed by atoms with Gasteiger partial charge in [-0.15, -0.1) is 0 Å². The topological polar surface area (TPSA) is 82.3 Å². The molecule has 0 bridgehead atoms. The summed E-state index contributed by atoms with van der Waals surface area (Å²) < 4.78 is 5.37. The number of pyridine rings is 1. The first-order valence-electron chi connectivity index (χ1n) is 5.69. The van der Waals surface area contributed by atoms with Crippen LogP contribution in [-0.2, 0) is 11.3 Å². The van der Waals surface area contributed by atoms with Crippen LogP contribution in [0.15, 0.2) is 41.0 Å². The van der Waals surface area contributed by atoms with Crippen molar-refractivity contribution < 1.29 is 14.5 Å². The maximum Gasteiger partial charge on any atom is 0.338 e. The molecule has 1 heterocycles. The van der Waals surface area contributed by atoms with E-state index in [0.29, 0.717) is 15.2 Å². The summed E-state index contributed by atoms with van der Waals surface area (Å²) in [6.07, 6.45) is 1.49. The molecule has 8 heteroatoms. The van der Waals surface area contributed by atoms with Crippen LogP contribution in [0.3, 0.4) is 0 Å². The Bertz CT molecular complexity index is 691. The molecule has 0 amide bonds. The number of nitro benzene ring substituents is 1. The lowest BCUT2D eigenvalue weighted by molar-refractivity contribution is -0.385. The Kier molecular flexibility index (Phi) is 4.87. The van der Waals surface area contributed by atoms with Crippen molar-refractivity contribution in [3.05, 3.63) is 67.4 Å². The van der Waals surface area contributed by atoms with Gasteiger partial charge in [-0.1, -0.05) is 17.7 Å². The van der Waals surface area contributed by atoms with Gasteiger partial charge in [0.25, 0.3) is 5.69 Å². The first-order chi connectivity index (χ1) is 9.97. The number of nitro groups is 1. The molecule has 21 heavy (non-hydrogen) atoms. The van der Waals surface area contributed by atoms with E-state index in [4.69, 9.17) is 16.3 Å². The quantitative estimate of drug-likeness (QED) is 0.354. The molecule has 108 valence electrons. The minimum absolute atomic E-state index is 0.00681. The largest absolute Gasteiger partial charge is 0.457 e. The molecule has 6 nitrogen and oxygen atoms in total. The number of hydrogen-bond acceptors (Lipinski definition) is 5. The van der Waals surface area contributed by atoms with Gasteiger partial charge in [-0.3, -0.25) is 10.1 Å². The molecule has 0 aliphatic heterocycles. The zero-order valence-corrected chi connectivity index (χ0v) is 12.8. The highest BCUT2D eigenvalue weighted by molar-refractivity contribution is 9.10. The molecule has 1 aromatic carbocycles. The van der Waals surface area contributed by atoms with Crippen molar-refractivity contribution in [2.24, 2.45) is 0 Å². The summed E-state index contributed by atoms with van der Waals surface area (Å²) in [5.74, 6) is -0.652. The predicted octanol–water partition coefficient (Wildman–Crippen LogP) is 3.76. The van der Waals surface area contributed by atoms with Gasteiger partial charge in [-0.05, 0) is 34.1 Å². The van der Waals surface area contributed by atoms with Crippen LogP contribution >= 0.6 is 27.5 Å². The van der Waals surface area contributed by atoms with Gasteiger partial charge >= 0.3 is 5.97 Å². The lowest BCUT2D eigenvalue weighted by atomic mass is 10.2. The fourth-order valence-corrected chi connectivity index (χ4v) is 2.01. The minimum Gasteiger partial charge on any atom is -0.457 e. The van der Waals surface area contributed by atoms with E-state index < -0.39 is 10.9 Å². The smallest absolute Gasteiger partial charge is 0.338 e. The fraction of sp³-hybridized carbons (Fsp3) is 0.0769. The monoisotopic (exact) mass is 370 g/mol. The molecule has 0 fully saturated rings. The second-order valence-corrected chi connectivity index (χ2v) is 5.23. The van der Waals surface area contributed by atoms with Crippen molar-refractivity contribution in [1.82, 2.24) is 4.98 Å². The van der Waals surface area contributed by atoms with E-state index >= 15 is 0 Å². The number of rotatable bonds is 4. The molecule has 0 N–H and O–H groups in total. The summed E-state index contributed by atoms with van der Waals surface area (Å²) in [6.45, 7) is 0.00681. The number of hydrogen-bond donors (Lipinski definition) is 0. The molecule has 0 saturated heterocycles. The van der Waals surface area contributed by atoms with Crippen LogP contribution in [0, 0.1) is 10.1 Å². The second kappa shape index (κ2) is 6.64.